The van der Waals surface area contributed by atoms with Crippen molar-refractivity contribution in [3.05, 3.63) is 75.3 Å². The van der Waals surface area contributed by atoms with Crippen molar-refractivity contribution in [3.63, 3.8) is 0 Å². The fourth-order valence-electron chi connectivity index (χ4n) is 4.77. The summed E-state index contributed by atoms with van der Waals surface area (Å²) in [7, 11) is 1.92. The zero-order valence-corrected chi connectivity index (χ0v) is 20.3. The van der Waals surface area contributed by atoms with E-state index in [1.54, 1.807) is 11.3 Å². The Morgan fingerprint density at radius 2 is 1.91 bits per heavy atom. The zero-order chi connectivity index (χ0) is 23.4. The molecule has 1 unspecified atom stereocenters. The zero-order valence-electron chi connectivity index (χ0n) is 19.5. The lowest BCUT2D eigenvalue weighted by molar-refractivity contribution is -0.132. The normalized spacial score (nSPS) is 15.4. The van der Waals surface area contributed by atoms with Gasteiger partial charge in [-0.05, 0) is 56.0 Å². The molecule has 0 spiro atoms. The van der Waals surface area contributed by atoms with Crippen molar-refractivity contribution in [3.8, 4) is 0 Å². The van der Waals surface area contributed by atoms with Crippen LogP contribution < -0.4 is 0 Å². The Morgan fingerprint density at radius 3 is 2.52 bits per heavy atom. The summed E-state index contributed by atoms with van der Waals surface area (Å²) < 4.78 is 5.21. The number of amides is 2. The predicted molar refractivity (Wildman–Crippen MR) is 129 cm³/mol. The molecule has 3 heterocycles. The van der Waals surface area contributed by atoms with Crippen LogP contribution in [0.2, 0.25) is 0 Å². The largest absolute Gasteiger partial charge is 0.361 e. The summed E-state index contributed by atoms with van der Waals surface area (Å²) >= 11 is 1.54. The number of rotatable bonds is 7. The van der Waals surface area contributed by atoms with Crippen LogP contribution in [0, 0.1) is 19.8 Å². The Kier molecular flexibility index (Phi) is 7.28. The molecule has 33 heavy (non-hydrogen) atoms. The van der Waals surface area contributed by atoms with Crippen LogP contribution in [0.1, 0.15) is 45.8 Å². The highest BCUT2D eigenvalue weighted by Crippen LogP contribution is 2.28. The molecule has 1 aliphatic rings. The summed E-state index contributed by atoms with van der Waals surface area (Å²) in [5.74, 6) is 1.23. The van der Waals surface area contributed by atoms with Gasteiger partial charge in [0.15, 0.2) is 0 Å². The number of likely N-dealkylation sites (N-methyl/N-ethyl adjacent to an activating group) is 1. The standard InChI is InChI=1S/C26H31N3O3S/c1-18-23(19(2)32-27-18)16-25(30)29-12-9-21(10-13-29)24(15-20-7-5-4-6-8-20)28(3)26(31)22-11-14-33-17-22/h4-8,11,14,17,21,24H,9-10,12-13,15-16H2,1-3H3. The molecule has 4 rings (SSSR count). The van der Waals surface area contributed by atoms with Gasteiger partial charge in [-0.1, -0.05) is 35.5 Å². The van der Waals surface area contributed by atoms with Crippen molar-refractivity contribution < 1.29 is 14.1 Å². The molecule has 1 atom stereocenters. The van der Waals surface area contributed by atoms with Crippen LogP contribution in [0.15, 0.2) is 51.7 Å². The molecule has 2 aromatic heterocycles. The van der Waals surface area contributed by atoms with E-state index in [9.17, 15) is 9.59 Å². The summed E-state index contributed by atoms with van der Waals surface area (Å²) in [4.78, 5) is 29.9. The number of likely N-dealkylation sites (tertiary alicyclic amines) is 1. The van der Waals surface area contributed by atoms with Crippen LogP contribution >= 0.6 is 11.3 Å². The lowest BCUT2D eigenvalue weighted by Gasteiger charge is -2.40. The predicted octanol–water partition coefficient (Wildman–Crippen LogP) is 4.52. The Hall–Kier alpha value is -2.93. The van der Waals surface area contributed by atoms with Gasteiger partial charge >= 0.3 is 0 Å². The van der Waals surface area contributed by atoms with Crippen LogP contribution in [0.4, 0.5) is 0 Å². The molecule has 7 heteroatoms. The summed E-state index contributed by atoms with van der Waals surface area (Å²) in [5, 5.41) is 7.82. The van der Waals surface area contributed by atoms with Crippen molar-refractivity contribution >= 4 is 23.2 Å². The molecule has 1 fully saturated rings. The van der Waals surface area contributed by atoms with E-state index >= 15 is 0 Å². The van der Waals surface area contributed by atoms with Crippen LogP contribution in [0.25, 0.3) is 0 Å². The first-order valence-corrected chi connectivity index (χ1v) is 12.4. The Morgan fingerprint density at radius 1 is 1.18 bits per heavy atom. The van der Waals surface area contributed by atoms with Gasteiger partial charge in [-0.2, -0.15) is 11.3 Å². The fourth-order valence-corrected chi connectivity index (χ4v) is 5.40. The number of carbonyl (C=O) groups is 2. The van der Waals surface area contributed by atoms with Gasteiger partial charge in [0.2, 0.25) is 5.91 Å². The third-order valence-corrected chi connectivity index (χ3v) is 7.50. The molecular formula is C26H31N3O3S. The first-order chi connectivity index (χ1) is 15.9. The van der Waals surface area contributed by atoms with Crippen molar-refractivity contribution in [1.82, 2.24) is 15.0 Å². The van der Waals surface area contributed by atoms with E-state index in [-0.39, 0.29) is 17.9 Å². The van der Waals surface area contributed by atoms with Crippen molar-refractivity contribution in [2.24, 2.45) is 5.92 Å². The van der Waals surface area contributed by atoms with Gasteiger partial charge < -0.3 is 14.3 Å². The number of nitrogens with zero attached hydrogens (tertiary/aromatic N) is 3. The molecule has 0 saturated carbocycles. The Labute approximate surface area is 199 Å². The third kappa shape index (κ3) is 5.36. The molecule has 0 bridgehead atoms. The summed E-state index contributed by atoms with van der Waals surface area (Å²) in [6, 6.07) is 12.3. The van der Waals surface area contributed by atoms with E-state index in [0.717, 1.165) is 36.1 Å². The van der Waals surface area contributed by atoms with Gasteiger partial charge in [-0.3, -0.25) is 9.59 Å². The molecule has 6 nitrogen and oxygen atoms in total. The number of piperidine rings is 1. The summed E-state index contributed by atoms with van der Waals surface area (Å²) in [5.41, 5.74) is 3.65. The highest BCUT2D eigenvalue weighted by molar-refractivity contribution is 7.08. The number of aromatic nitrogens is 1. The highest BCUT2D eigenvalue weighted by atomic mass is 32.1. The number of thiophene rings is 1. The van der Waals surface area contributed by atoms with Gasteiger partial charge in [0.25, 0.3) is 5.91 Å². The SMILES string of the molecule is Cc1noc(C)c1CC(=O)N1CCC(C(Cc2ccccc2)N(C)C(=O)c2ccsc2)CC1. The van der Waals surface area contributed by atoms with Crippen LogP contribution in [0.3, 0.4) is 0 Å². The van der Waals surface area contributed by atoms with Gasteiger partial charge in [0.1, 0.15) is 5.76 Å². The molecule has 1 aromatic carbocycles. The molecular weight excluding hydrogens is 434 g/mol. The summed E-state index contributed by atoms with van der Waals surface area (Å²) in [6.07, 6.45) is 2.90. The number of carbonyl (C=O) groups excluding carboxylic acids is 2. The molecule has 0 radical (unpaired) electrons. The second-order valence-corrected chi connectivity index (χ2v) is 9.66. The number of hydrogen-bond acceptors (Lipinski definition) is 5. The van der Waals surface area contributed by atoms with E-state index < -0.39 is 0 Å². The number of benzene rings is 1. The van der Waals surface area contributed by atoms with E-state index in [1.165, 1.54) is 5.56 Å². The second kappa shape index (κ2) is 10.3. The van der Waals surface area contributed by atoms with Crippen LogP contribution in [-0.2, 0) is 17.6 Å². The number of hydrogen-bond donors (Lipinski definition) is 0. The molecule has 0 aliphatic carbocycles. The lowest BCUT2D eigenvalue weighted by atomic mass is 9.84. The van der Waals surface area contributed by atoms with E-state index in [0.29, 0.717) is 31.2 Å². The molecule has 2 amide bonds. The third-order valence-electron chi connectivity index (χ3n) is 6.82. The summed E-state index contributed by atoms with van der Waals surface area (Å²) in [6.45, 7) is 5.14. The van der Waals surface area contributed by atoms with Crippen molar-refractivity contribution in [2.75, 3.05) is 20.1 Å². The van der Waals surface area contributed by atoms with E-state index in [1.807, 2.05) is 65.7 Å². The fraction of sp³-hybridized carbons (Fsp3) is 0.423. The van der Waals surface area contributed by atoms with Gasteiger partial charge in [0, 0.05) is 37.1 Å². The van der Waals surface area contributed by atoms with E-state index in [4.69, 9.17) is 4.52 Å². The van der Waals surface area contributed by atoms with Crippen LogP contribution in [0.5, 0.6) is 0 Å². The average molecular weight is 466 g/mol. The highest BCUT2D eigenvalue weighted by Gasteiger charge is 2.33. The van der Waals surface area contributed by atoms with E-state index in [2.05, 4.69) is 17.3 Å². The van der Waals surface area contributed by atoms with Gasteiger partial charge in [-0.25, -0.2) is 0 Å². The maximum Gasteiger partial charge on any atom is 0.254 e. The molecule has 1 saturated heterocycles. The molecule has 1 aliphatic heterocycles. The van der Waals surface area contributed by atoms with Gasteiger partial charge in [0.05, 0.1) is 17.7 Å². The maximum absolute atomic E-state index is 13.1. The Bertz CT molecular complexity index is 1050. The minimum absolute atomic E-state index is 0.0640. The molecule has 174 valence electrons. The Balaban J connectivity index is 1.44. The first-order valence-electron chi connectivity index (χ1n) is 11.5. The molecule has 0 N–H and O–H groups in total. The lowest BCUT2D eigenvalue weighted by Crippen LogP contribution is -2.48. The van der Waals surface area contributed by atoms with Crippen molar-refractivity contribution in [1.29, 1.82) is 0 Å². The topological polar surface area (TPSA) is 66.7 Å². The van der Waals surface area contributed by atoms with Crippen molar-refractivity contribution in [2.45, 2.75) is 45.6 Å². The quantitative estimate of drug-likeness (QED) is 0.515. The van der Waals surface area contributed by atoms with Crippen LogP contribution in [-0.4, -0.2) is 52.9 Å². The average Bonchev–Trinajstić information content (AvgIpc) is 3.49. The van der Waals surface area contributed by atoms with Gasteiger partial charge in [-0.15, -0.1) is 0 Å². The second-order valence-electron chi connectivity index (χ2n) is 8.88. The minimum Gasteiger partial charge on any atom is -0.361 e. The smallest absolute Gasteiger partial charge is 0.254 e. The maximum atomic E-state index is 13.1. The molecule has 3 aromatic rings. The minimum atomic E-state index is 0.0640. The number of aryl methyl sites for hydroxylation is 2. The monoisotopic (exact) mass is 465 g/mol. The first kappa shape index (κ1) is 23.2.